The number of carbonyl (C=O) groups is 1. The number of nitrogens with zero attached hydrogens (tertiary/aromatic N) is 2. The summed E-state index contributed by atoms with van der Waals surface area (Å²) >= 11 is 0. The number of para-hydroxylation sites is 1. The van der Waals surface area contributed by atoms with Crippen LogP contribution in [0.25, 0.3) is 16.7 Å². The third kappa shape index (κ3) is 4.45. The minimum atomic E-state index is -0.693. The van der Waals surface area contributed by atoms with Gasteiger partial charge in [0.25, 0.3) is 0 Å². The first-order valence-electron chi connectivity index (χ1n) is 11.8. The number of halogens is 2. The Hall–Kier alpha value is -3.14. The average Bonchev–Trinajstić information content (AvgIpc) is 3.54. The molecule has 0 bridgehead atoms. The molecule has 0 saturated heterocycles. The Kier molecular flexibility index (Phi) is 6.87. The first-order valence-corrected chi connectivity index (χ1v) is 11.8. The predicted molar refractivity (Wildman–Crippen MR) is 134 cm³/mol. The van der Waals surface area contributed by atoms with E-state index in [1.165, 1.54) is 13.0 Å². The Balaban J connectivity index is 0.00000280. The van der Waals surface area contributed by atoms with Crippen LogP contribution in [0.4, 0.5) is 14.5 Å². The van der Waals surface area contributed by atoms with Gasteiger partial charge in [0.05, 0.1) is 17.2 Å². The van der Waals surface area contributed by atoms with Crippen molar-refractivity contribution in [3.05, 3.63) is 77.1 Å². The number of rotatable bonds is 5. The molecule has 0 spiro atoms. The van der Waals surface area contributed by atoms with E-state index in [1.54, 1.807) is 4.57 Å². The number of nitrogens with one attached hydrogen (secondary N) is 1. The van der Waals surface area contributed by atoms with E-state index in [9.17, 15) is 13.6 Å². The van der Waals surface area contributed by atoms with Gasteiger partial charge in [-0.25, -0.2) is 13.8 Å². The molecule has 1 radical (unpaired) electrons. The van der Waals surface area contributed by atoms with Gasteiger partial charge in [-0.15, -0.1) is 0 Å². The molecule has 0 fully saturated rings. The van der Waals surface area contributed by atoms with E-state index in [0.717, 1.165) is 22.9 Å². The summed E-state index contributed by atoms with van der Waals surface area (Å²) in [4.78, 5) is 15.8. The van der Waals surface area contributed by atoms with Gasteiger partial charge in [0.15, 0.2) is 11.9 Å². The van der Waals surface area contributed by atoms with Crippen LogP contribution in [0, 0.1) is 11.6 Å². The van der Waals surface area contributed by atoms with Gasteiger partial charge in [-0.3, -0.25) is 9.36 Å². The van der Waals surface area contributed by atoms with Gasteiger partial charge >= 0.3 is 5.97 Å². The van der Waals surface area contributed by atoms with E-state index in [0.29, 0.717) is 41.6 Å². The first kappa shape index (κ1) is 25.5. The summed E-state index contributed by atoms with van der Waals surface area (Å²) < 4.78 is 47.5. The van der Waals surface area contributed by atoms with Crippen LogP contribution in [-0.4, -0.2) is 58.3 Å². The molecule has 185 valence electrons. The predicted octanol–water partition coefficient (Wildman–Crippen LogP) is 5.03. The fraction of sp³-hybridized carbons (Fsp3) is 0.259. The molecule has 3 aromatic carbocycles. The Labute approximate surface area is 234 Å². The molecule has 0 aliphatic carbocycles. The van der Waals surface area contributed by atoms with Gasteiger partial charge in [0.1, 0.15) is 41.9 Å². The number of aromatic nitrogens is 2. The molecule has 37 heavy (non-hydrogen) atoms. The summed E-state index contributed by atoms with van der Waals surface area (Å²) in [5.41, 5.74) is 3.75. The van der Waals surface area contributed by atoms with Crippen LogP contribution >= 0.6 is 0 Å². The zero-order valence-electron chi connectivity index (χ0n) is 20.7. The number of hydrogen-bond donors (Lipinski definition) is 1. The van der Waals surface area contributed by atoms with Crippen molar-refractivity contribution in [2.45, 2.75) is 32.4 Å². The van der Waals surface area contributed by atoms with Gasteiger partial charge in [-0.05, 0) is 18.2 Å². The van der Waals surface area contributed by atoms with Crippen LogP contribution in [0.2, 0.25) is 0 Å². The monoisotopic (exact) mass is 514 g/mol. The molecule has 7 nitrogen and oxygen atoms in total. The SMILES string of the molecule is CCc1nc2c(F)cc(F)cc2n1-c1cccc2c1OC[C@H]2Nc1ccc2c(c1)OC[C@H]2OC(C)=O.[Na]. The molecule has 0 saturated carbocycles. The van der Waals surface area contributed by atoms with E-state index in [4.69, 9.17) is 14.2 Å². The normalized spacial score (nSPS) is 17.4. The van der Waals surface area contributed by atoms with Crippen LogP contribution in [0.1, 0.15) is 42.9 Å². The molecular weight excluding hydrogens is 491 g/mol. The van der Waals surface area contributed by atoms with Gasteiger partial charge in [0.2, 0.25) is 0 Å². The van der Waals surface area contributed by atoms with E-state index < -0.39 is 17.7 Å². The standard InChI is InChI=1S/C27H23F2N3O4.Na/c1-3-25-31-26-19(29)9-15(28)10-22(26)32(25)21-6-4-5-17-20(12-35-27(17)21)30-16-7-8-18-23(11-16)34-13-24(18)36-14(2)33;/h4-11,20,24,30H,3,12-13H2,1-2H3;/t20-,24-;/m1./s1. The largest absolute Gasteiger partial charge is 0.489 e. The molecule has 0 unspecified atom stereocenters. The molecule has 2 aliphatic rings. The fourth-order valence-corrected chi connectivity index (χ4v) is 4.95. The van der Waals surface area contributed by atoms with Crippen molar-refractivity contribution in [1.29, 1.82) is 0 Å². The fourth-order valence-electron chi connectivity index (χ4n) is 4.95. The van der Waals surface area contributed by atoms with Gasteiger partial charge < -0.3 is 19.5 Å². The topological polar surface area (TPSA) is 74.6 Å². The van der Waals surface area contributed by atoms with Crippen LogP contribution in [0.15, 0.2) is 48.5 Å². The van der Waals surface area contributed by atoms with Crippen LogP contribution in [-0.2, 0) is 16.0 Å². The molecule has 1 aromatic heterocycles. The van der Waals surface area contributed by atoms with Crippen LogP contribution in [0.5, 0.6) is 11.5 Å². The van der Waals surface area contributed by atoms with E-state index in [1.807, 2.05) is 43.3 Å². The zero-order valence-corrected chi connectivity index (χ0v) is 22.7. The number of ether oxygens (including phenoxy) is 3. The minimum Gasteiger partial charge on any atom is -0.489 e. The number of hydrogen-bond acceptors (Lipinski definition) is 6. The number of benzene rings is 3. The van der Waals surface area contributed by atoms with E-state index in [-0.39, 0.29) is 53.7 Å². The Morgan fingerprint density at radius 2 is 1.97 bits per heavy atom. The molecular formula is C27H23F2N3NaO4. The molecule has 10 heteroatoms. The van der Waals surface area contributed by atoms with Crippen molar-refractivity contribution < 1.29 is 27.8 Å². The Morgan fingerprint density at radius 1 is 1.14 bits per heavy atom. The quantitative estimate of drug-likeness (QED) is 0.298. The molecule has 1 N–H and O–H groups in total. The van der Waals surface area contributed by atoms with Crippen molar-refractivity contribution in [1.82, 2.24) is 9.55 Å². The van der Waals surface area contributed by atoms with Gasteiger partial charge in [-0.2, -0.15) is 0 Å². The maximum Gasteiger partial charge on any atom is 0.303 e. The molecule has 2 aliphatic heterocycles. The maximum absolute atomic E-state index is 14.5. The smallest absolute Gasteiger partial charge is 0.303 e. The number of carbonyl (C=O) groups excluding carboxylic acids is 1. The summed E-state index contributed by atoms with van der Waals surface area (Å²) in [7, 11) is 0. The Morgan fingerprint density at radius 3 is 2.76 bits per heavy atom. The Bertz CT molecular complexity index is 1520. The van der Waals surface area contributed by atoms with E-state index >= 15 is 0 Å². The second-order valence-corrected chi connectivity index (χ2v) is 8.84. The summed E-state index contributed by atoms with van der Waals surface area (Å²) in [6.07, 6.45) is 0.127. The van der Waals surface area contributed by atoms with Crippen LogP contribution < -0.4 is 14.8 Å². The number of fused-ring (bicyclic) bond motifs is 3. The van der Waals surface area contributed by atoms with Crippen molar-refractivity contribution in [3.63, 3.8) is 0 Å². The van der Waals surface area contributed by atoms with Crippen molar-refractivity contribution in [3.8, 4) is 17.2 Å². The van der Waals surface area contributed by atoms with Gasteiger partial charge in [0, 0.05) is 77.9 Å². The third-order valence-electron chi connectivity index (χ3n) is 6.50. The minimum absolute atomic E-state index is 0. The summed E-state index contributed by atoms with van der Waals surface area (Å²) in [5, 5.41) is 3.48. The molecule has 6 rings (SSSR count). The summed E-state index contributed by atoms with van der Waals surface area (Å²) in [6.45, 7) is 3.96. The van der Waals surface area contributed by atoms with Crippen molar-refractivity contribution >= 4 is 52.2 Å². The number of anilines is 1. The van der Waals surface area contributed by atoms with Crippen molar-refractivity contribution in [2.75, 3.05) is 18.5 Å². The summed E-state index contributed by atoms with van der Waals surface area (Å²) in [6, 6.07) is 13.4. The zero-order chi connectivity index (χ0) is 25.0. The molecule has 3 heterocycles. The summed E-state index contributed by atoms with van der Waals surface area (Å²) in [5.74, 6) is 0.215. The molecule has 4 aromatic rings. The van der Waals surface area contributed by atoms with Crippen LogP contribution in [0.3, 0.4) is 0 Å². The molecule has 2 atom stereocenters. The average molecular weight is 514 g/mol. The first-order chi connectivity index (χ1) is 17.4. The second-order valence-electron chi connectivity index (χ2n) is 8.84. The number of esters is 1. The third-order valence-corrected chi connectivity index (χ3v) is 6.50. The second kappa shape index (κ2) is 9.96. The number of aryl methyl sites for hydroxylation is 1. The van der Waals surface area contributed by atoms with Gasteiger partial charge in [-0.1, -0.05) is 19.1 Å². The van der Waals surface area contributed by atoms with E-state index in [2.05, 4.69) is 10.3 Å². The van der Waals surface area contributed by atoms with Crippen molar-refractivity contribution in [2.24, 2.45) is 0 Å². The maximum atomic E-state index is 14.5. The number of imidazole rings is 1. The molecule has 0 amide bonds.